The zero-order valence-electron chi connectivity index (χ0n) is 15.9. The van der Waals surface area contributed by atoms with Gasteiger partial charge in [-0.1, -0.05) is 6.08 Å². The van der Waals surface area contributed by atoms with Gasteiger partial charge in [-0.25, -0.2) is 4.79 Å². The zero-order valence-corrected chi connectivity index (χ0v) is 15.9. The molecule has 27 heavy (non-hydrogen) atoms. The van der Waals surface area contributed by atoms with Crippen LogP contribution in [0.3, 0.4) is 0 Å². The molecule has 1 saturated heterocycles. The number of allylic oxidation sites excluding steroid dienone is 1. The van der Waals surface area contributed by atoms with E-state index in [0.717, 1.165) is 6.08 Å². The highest BCUT2D eigenvalue weighted by molar-refractivity contribution is 5.70. The molecule has 1 aliphatic heterocycles. The Hall–Kier alpha value is -1.45. The van der Waals surface area contributed by atoms with Crippen LogP contribution in [-0.4, -0.2) is 47.3 Å². The molecule has 158 valence electrons. The molecule has 1 aliphatic rings. The molecule has 1 heterocycles. The maximum Gasteiger partial charge on any atom is 0.412 e. The number of halogens is 6. The number of nitrogens with zero attached hydrogens (tertiary/aromatic N) is 1. The first-order valence-corrected chi connectivity index (χ1v) is 8.31. The quantitative estimate of drug-likeness (QED) is 0.462. The summed E-state index contributed by atoms with van der Waals surface area (Å²) >= 11 is 0. The van der Waals surface area contributed by atoms with Crippen molar-refractivity contribution in [3.63, 3.8) is 0 Å². The van der Waals surface area contributed by atoms with Crippen LogP contribution in [-0.2, 0) is 9.47 Å². The second-order valence-electron chi connectivity index (χ2n) is 7.92. The first-order chi connectivity index (χ1) is 11.9. The highest BCUT2D eigenvalue weighted by Crippen LogP contribution is 2.59. The van der Waals surface area contributed by atoms with Crippen molar-refractivity contribution in [2.24, 2.45) is 5.41 Å². The minimum absolute atomic E-state index is 0.419. The molecule has 4 nitrogen and oxygen atoms in total. The lowest BCUT2D eigenvalue weighted by Gasteiger charge is -2.46. The average molecular weight is 405 g/mol. The summed E-state index contributed by atoms with van der Waals surface area (Å²) in [5.74, 6) is 0. The smallest absolute Gasteiger partial charge is 0.412 e. The number of hydrogen-bond acceptors (Lipinski definition) is 3. The van der Waals surface area contributed by atoms with Gasteiger partial charge in [0.2, 0.25) is 0 Å². The largest absolute Gasteiger partial charge is 0.444 e. The molecule has 0 aromatic carbocycles. The van der Waals surface area contributed by atoms with Crippen molar-refractivity contribution in [2.75, 3.05) is 6.61 Å². The fourth-order valence-electron chi connectivity index (χ4n) is 3.14. The summed E-state index contributed by atoms with van der Waals surface area (Å²) in [5, 5.41) is 0. The van der Waals surface area contributed by atoms with Crippen molar-refractivity contribution in [1.29, 1.82) is 0 Å². The molecule has 1 atom stereocenters. The molecule has 0 bridgehead atoms. The molecular weight excluding hydrogens is 380 g/mol. The minimum atomic E-state index is -5.68. The fraction of sp³-hybridized carbons (Fsp3) is 0.824. The van der Waals surface area contributed by atoms with Crippen LogP contribution in [0.2, 0.25) is 0 Å². The van der Waals surface area contributed by atoms with Crippen LogP contribution < -0.4 is 0 Å². The van der Waals surface area contributed by atoms with Crippen LogP contribution in [0.1, 0.15) is 47.5 Å². The van der Waals surface area contributed by atoms with E-state index in [1.54, 1.807) is 0 Å². The third-order valence-corrected chi connectivity index (χ3v) is 4.40. The molecule has 0 radical (unpaired) electrons. The molecule has 10 heteroatoms. The summed E-state index contributed by atoms with van der Waals surface area (Å²) in [7, 11) is 0. The Bertz CT molecular complexity index is 548. The van der Waals surface area contributed by atoms with E-state index >= 15 is 0 Å². The van der Waals surface area contributed by atoms with Gasteiger partial charge in [-0.2, -0.15) is 26.3 Å². The Labute approximate surface area is 154 Å². The van der Waals surface area contributed by atoms with Crippen LogP contribution in [0.15, 0.2) is 12.7 Å². The van der Waals surface area contributed by atoms with Gasteiger partial charge >= 0.3 is 18.4 Å². The van der Waals surface area contributed by atoms with Crippen LogP contribution >= 0.6 is 0 Å². The molecule has 0 saturated carbocycles. The number of amides is 1. The van der Waals surface area contributed by atoms with Crippen molar-refractivity contribution in [3.8, 4) is 0 Å². The number of rotatable bonds is 4. The maximum absolute atomic E-state index is 13.9. The standard InChI is InChI=1S/C17H25F6NO3/c1-7-8-9-15(16(18,19)20,17(21,22)23)11-10-26-14(5,6)24(11)12(25)27-13(2,3)4/h7,11H,1,8-10H2,2-6H3. The monoisotopic (exact) mass is 405 g/mol. The lowest BCUT2D eigenvalue weighted by Crippen LogP contribution is -2.65. The normalized spacial score (nSPS) is 21.3. The summed E-state index contributed by atoms with van der Waals surface area (Å²) in [6.07, 6.45) is -13.5. The van der Waals surface area contributed by atoms with Crippen molar-refractivity contribution in [3.05, 3.63) is 12.7 Å². The first kappa shape index (κ1) is 23.6. The number of carbonyl (C=O) groups is 1. The molecule has 1 unspecified atom stereocenters. The molecule has 1 rings (SSSR count). The number of ether oxygens (including phenoxy) is 2. The van der Waals surface area contributed by atoms with Crippen LogP contribution in [0.4, 0.5) is 31.1 Å². The third-order valence-electron chi connectivity index (χ3n) is 4.40. The van der Waals surface area contributed by atoms with E-state index < -0.39 is 60.7 Å². The Morgan fingerprint density at radius 1 is 1.19 bits per heavy atom. The predicted octanol–water partition coefficient (Wildman–Crippen LogP) is 5.44. The SMILES string of the molecule is C=CCCC(C1COC(C)(C)N1C(=O)OC(C)(C)C)(C(F)(F)F)C(F)(F)F. The fourth-order valence-corrected chi connectivity index (χ4v) is 3.14. The van der Waals surface area contributed by atoms with Crippen LogP contribution in [0.5, 0.6) is 0 Å². The van der Waals surface area contributed by atoms with Crippen LogP contribution in [0, 0.1) is 5.41 Å². The topological polar surface area (TPSA) is 38.8 Å². The summed E-state index contributed by atoms with van der Waals surface area (Å²) in [5.41, 5.74) is -7.00. The third kappa shape index (κ3) is 4.52. The van der Waals surface area contributed by atoms with Crippen molar-refractivity contribution in [2.45, 2.75) is 77.2 Å². The number of hydrogen-bond donors (Lipinski definition) is 0. The Balaban J connectivity index is 3.58. The van der Waals surface area contributed by atoms with Crippen molar-refractivity contribution < 1.29 is 40.6 Å². The highest BCUT2D eigenvalue weighted by atomic mass is 19.4. The lowest BCUT2D eigenvalue weighted by molar-refractivity contribution is -0.357. The van der Waals surface area contributed by atoms with Crippen LogP contribution in [0.25, 0.3) is 0 Å². The molecular formula is C17H25F6NO3. The predicted molar refractivity (Wildman–Crippen MR) is 85.9 cm³/mol. The Morgan fingerprint density at radius 3 is 2.04 bits per heavy atom. The Morgan fingerprint density at radius 2 is 1.67 bits per heavy atom. The van der Waals surface area contributed by atoms with E-state index in [1.165, 1.54) is 34.6 Å². The lowest BCUT2D eigenvalue weighted by atomic mass is 9.74. The van der Waals surface area contributed by atoms with E-state index in [2.05, 4.69) is 6.58 Å². The van der Waals surface area contributed by atoms with Gasteiger partial charge < -0.3 is 9.47 Å². The van der Waals surface area contributed by atoms with Crippen molar-refractivity contribution >= 4 is 6.09 Å². The second-order valence-corrected chi connectivity index (χ2v) is 7.92. The van der Waals surface area contributed by atoms with E-state index in [-0.39, 0.29) is 0 Å². The zero-order chi connectivity index (χ0) is 21.5. The van der Waals surface area contributed by atoms with Gasteiger partial charge in [-0.05, 0) is 47.5 Å². The summed E-state index contributed by atoms with van der Waals surface area (Å²) in [6.45, 7) is 9.12. The van der Waals surface area contributed by atoms with Gasteiger partial charge in [-0.3, -0.25) is 4.90 Å². The van der Waals surface area contributed by atoms with Gasteiger partial charge in [0.15, 0.2) is 5.41 Å². The first-order valence-electron chi connectivity index (χ1n) is 8.31. The Kier molecular flexibility index (Phi) is 6.27. The molecule has 0 N–H and O–H groups in total. The van der Waals surface area contributed by atoms with E-state index in [4.69, 9.17) is 9.47 Å². The van der Waals surface area contributed by atoms with Gasteiger partial charge in [0.1, 0.15) is 11.3 Å². The molecule has 0 aliphatic carbocycles. The average Bonchev–Trinajstić information content (AvgIpc) is 2.70. The van der Waals surface area contributed by atoms with Gasteiger partial charge in [0.25, 0.3) is 0 Å². The van der Waals surface area contributed by atoms with E-state index in [0.29, 0.717) is 4.90 Å². The molecule has 0 spiro atoms. The minimum Gasteiger partial charge on any atom is -0.444 e. The van der Waals surface area contributed by atoms with E-state index in [1.807, 2.05) is 0 Å². The van der Waals surface area contributed by atoms with Gasteiger partial charge in [0, 0.05) is 0 Å². The number of carbonyl (C=O) groups excluding carboxylic acids is 1. The highest BCUT2D eigenvalue weighted by Gasteiger charge is 2.76. The summed E-state index contributed by atoms with van der Waals surface area (Å²) < 4.78 is 93.5. The second kappa shape index (κ2) is 7.18. The molecule has 1 fully saturated rings. The molecule has 0 aromatic rings. The van der Waals surface area contributed by atoms with E-state index in [9.17, 15) is 31.1 Å². The maximum atomic E-state index is 13.9. The summed E-state index contributed by atoms with van der Waals surface area (Å²) in [4.78, 5) is 12.9. The van der Waals surface area contributed by atoms with Gasteiger partial charge in [0.05, 0.1) is 12.6 Å². The molecule has 1 amide bonds. The van der Waals surface area contributed by atoms with Gasteiger partial charge in [-0.15, -0.1) is 6.58 Å². The van der Waals surface area contributed by atoms with Crippen molar-refractivity contribution in [1.82, 2.24) is 4.90 Å². The summed E-state index contributed by atoms with van der Waals surface area (Å²) in [6, 6.07) is -2.33. The number of alkyl halides is 6. The molecule has 0 aromatic heterocycles.